The van der Waals surface area contributed by atoms with Gasteiger partial charge in [0.2, 0.25) is 0 Å². The Morgan fingerprint density at radius 1 is 1.15 bits per heavy atom. The minimum absolute atomic E-state index is 0.314. The number of carboxylic acid groups (broad SMARTS) is 1. The van der Waals surface area contributed by atoms with Crippen molar-refractivity contribution < 1.29 is 14.1 Å². The number of carboxylic acids is 1. The Labute approximate surface area is 124 Å². The Balaban J connectivity index is 2.45. The molecule has 0 radical (unpaired) electrons. The summed E-state index contributed by atoms with van der Waals surface area (Å²) in [6.45, 7) is 0. The van der Waals surface area contributed by atoms with E-state index in [1.54, 1.807) is 18.2 Å². The van der Waals surface area contributed by atoms with Crippen molar-refractivity contribution >= 4 is 28.4 Å². The first kappa shape index (κ1) is 14.8. The maximum absolute atomic E-state index is 11.6. The van der Waals surface area contributed by atoms with Gasteiger partial charge in [-0.1, -0.05) is 54.1 Å². The Kier molecular flexibility index (Phi) is 4.57. The first-order chi connectivity index (χ1) is 9.50. The number of hydrogen-bond donors (Lipinski definition) is 1. The summed E-state index contributed by atoms with van der Waals surface area (Å²) < 4.78 is 11.6. The van der Waals surface area contributed by atoms with Crippen LogP contribution < -0.4 is 0 Å². The Hall–Kier alpha value is -1.65. The molecule has 0 bridgehead atoms. The SMILES string of the molecule is CS(=O)C(C(=O)O)c1ccc(-c2ccccc2)cc1Cl. The highest BCUT2D eigenvalue weighted by atomic mass is 35.5. The van der Waals surface area contributed by atoms with Crippen LogP contribution in [0.1, 0.15) is 10.8 Å². The van der Waals surface area contributed by atoms with E-state index in [0.717, 1.165) is 11.1 Å². The fourth-order valence-corrected chi connectivity index (χ4v) is 3.21. The van der Waals surface area contributed by atoms with Gasteiger partial charge in [0.25, 0.3) is 0 Å². The molecular weight excluding hydrogens is 296 g/mol. The molecule has 0 fully saturated rings. The Morgan fingerprint density at radius 3 is 2.30 bits per heavy atom. The molecule has 0 aliphatic heterocycles. The highest BCUT2D eigenvalue weighted by molar-refractivity contribution is 7.85. The molecule has 0 aliphatic carbocycles. The number of aliphatic carboxylic acids is 1. The molecule has 0 spiro atoms. The molecule has 5 heteroatoms. The van der Waals surface area contributed by atoms with Crippen molar-refractivity contribution in [2.45, 2.75) is 5.25 Å². The highest BCUT2D eigenvalue weighted by Crippen LogP contribution is 2.31. The van der Waals surface area contributed by atoms with Crippen LogP contribution in [0.2, 0.25) is 5.02 Å². The Bertz CT molecular complexity index is 641. The van der Waals surface area contributed by atoms with Gasteiger partial charge in [-0.25, -0.2) is 0 Å². The maximum atomic E-state index is 11.6. The zero-order valence-corrected chi connectivity index (χ0v) is 12.3. The second kappa shape index (κ2) is 6.20. The normalized spacial score (nSPS) is 13.7. The van der Waals surface area contributed by atoms with Gasteiger partial charge in [0.05, 0.1) is 0 Å². The third kappa shape index (κ3) is 3.08. The summed E-state index contributed by atoms with van der Waals surface area (Å²) in [4.78, 5) is 11.2. The minimum Gasteiger partial charge on any atom is -0.480 e. The molecule has 0 saturated heterocycles. The lowest BCUT2D eigenvalue weighted by Gasteiger charge is -2.13. The molecule has 0 heterocycles. The summed E-state index contributed by atoms with van der Waals surface area (Å²) in [5, 5.41) is 8.37. The maximum Gasteiger partial charge on any atom is 0.323 e. The van der Waals surface area contributed by atoms with Crippen LogP contribution >= 0.6 is 11.6 Å². The fourth-order valence-electron chi connectivity index (χ4n) is 2.00. The second-order valence-corrected chi connectivity index (χ2v) is 6.19. The summed E-state index contributed by atoms with van der Waals surface area (Å²) in [6.07, 6.45) is 1.36. The Morgan fingerprint density at radius 2 is 1.80 bits per heavy atom. The summed E-state index contributed by atoms with van der Waals surface area (Å²) in [5.41, 5.74) is 2.26. The lowest BCUT2D eigenvalue weighted by Crippen LogP contribution is -2.16. The zero-order valence-electron chi connectivity index (χ0n) is 10.7. The molecule has 2 atom stereocenters. The molecule has 0 aliphatic rings. The van der Waals surface area contributed by atoms with Crippen molar-refractivity contribution in [1.29, 1.82) is 0 Å². The van der Waals surface area contributed by atoms with Crippen LogP contribution in [0.4, 0.5) is 0 Å². The van der Waals surface area contributed by atoms with E-state index < -0.39 is 22.0 Å². The van der Waals surface area contributed by atoms with Gasteiger partial charge < -0.3 is 5.11 Å². The van der Waals surface area contributed by atoms with Gasteiger partial charge in [-0.15, -0.1) is 0 Å². The summed E-state index contributed by atoms with van der Waals surface area (Å²) in [6, 6.07) is 14.8. The van der Waals surface area contributed by atoms with Crippen LogP contribution in [0.5, 0.6) is 0 Å². The molecular formula is C15H13ClO3S. The van der Waals surface area contributed by atoms with Gasteiger partial charge in [0, 0.05) is 22.1 Å². The minimum atomic E-state index is -1.53. The van der Waals surface area contributed by atoms with Gasteiger partial charge in [0.1, 0.15) is 0 Å². The molecule has 2 unspecified atom stereocenters. The van der Waals surface area contributed by atoms with Crippen molar-refractivity contribution in [3.8, 4) is 11.1 Å². The molecule has 2 aromatic rings. The predicted molar refractivity (Wildman–Crippen MR) is 81.3 cm³/mol. The van der Waals surface area contributed by atoms with Gasteiger partial charge in [0.15, 0.2) is 5.25 Å². The first-order valence-electron chi connectivity index (χ1n) is 5.90. The molecule has 1 N–H and O–H groups in total. The smallest absolute Gasteiger partial charge is 0.323 e. The van der Waals surface area contributed by atoms with Crippen molar-refractivity contribution in [3.63, 3.8) is 0 Å². The van der Waals surface area contributed by atoms with E-state index in [9.17, 15) is 9.00 Å². The lowest BCUT2D eigenvalue weighted by molar-refractivity contribution is -0.136. The van der Waals surface area contributed by atoms with E-state index in [4.69, 9.17) is 16.7 Å². The van der Waals surface area contributed by atoms with Crippen molar-refractivity contribution in [2.75, 3.05) is 6.26 Å². The molecule has 104 valence electrons. The van der Waals surface area contributed by atoms with E-state index in [0.29, 0.717) is 10.6 Å². The number of rotatable bonds is 4. The molecule has 2 aromatic carbocycles. The third-order valence-electron chi connectivity index (χ3n) is 2.95. The standard InChI is InChI=1S/C15H13ClO3S/c1-20(19)14(15(17)18)12-8-7-11(9-13(12)16)10-5-3-2-4-6-10/h2-9,14H,1H3,(H,17,18). The van der Waals surface area contributed by atoms with Crippen LogP contribution in [0.15, 0.2) is 48.5 Å². The van der Waals surface area contributed by atoms with Gasteiger partial charge >= 0.3 is 5.97 Å². The summed E-state index contributed by atoms with van der Waals surface area (Å²) in [7, 11) is -1.53. The average molecular weight is 309 g/mol. The van der Waals surface area contributed by atoms with Crippen LogP contribution in [0.25, 0.3) is 11.1 Å². The molecule has 0 aromatic heterocycles. The van der Waals surface area contributed by atoms with E-state index in [1.807, 2.05) is 30.3 Å². The topological polar surface area (TPSA) is 54.4 Å². The van der Waals surface area contributed by atoms with Crippen LogP contribution in [-0.2, 0) is 15.6 Å². The van der Waals surface area contributed by atoms with E-state index in [1.165, 1.54) is 6.26 Å². The van der Waals surface area contributed by atoms with Gasteiger partial charge in [-0.05, 0) is 22.8 Å². The molecule has 0 amide bonds. The monoisotopic (exact) mass is 308 g/mol. The van der Waals surface area contributed by atoms with E-state index in [-0.39, 0.29) is 0 Å². The van der Waals surface area contributed by atoms with Gasteiger partial charge in [-0.3, -0.25) is 9.00 Å². The van der Waals surface area contributed by atoms with Crippen LogP contribution in [0, 0.1) is 0 Å². The molecule has 0 saturated carbocycles. The quantitative estimate of drug-likeness (QED) is 0.940. The number of benzene rings is 2. The first-order valence-corrected chi connectivity index (χ1v) is 7.90. The van der Waals surface area contributed by atoms with Crippen molar-refractivity contribution in [1.82, 2.24) is 0 Å². The molecule has 20 heavy (non-hydrogen) atoms. The third-order valence-corrected chi connectivity index (χ3v) is 4.39. The second-order valence-electron chi connectivity index (χ2n) is 4.32. The zero-order chi connectivity index (χ0) is 14.7. The molecule has 2 rings (SSSR count). The van der Waals surface area contributed by atoms with E-state index >= 15 is 0 Å². The summed E-state index contributed by atoms with van der Waals surface area (Å²) in [5.74, 6) is -1.14. The van der Waals surface area contributed by atoms with Gasteiger partial charge in [-0.2, -0.15) is 0 Å². The van der Waals surface area contributed by atoms with Crippen LogP contribution in [0.3, 0.4) is 0 Å². The van der Waals surface area contributed by atoms with E-state index in [2.05, 4.69) is 0 Å². The molecule has 3 nitrogen and oxygen atoms in total. The van der Waals surface area contributed by atoms with Crippen LogP contribution in [-0.4, -0.2) is 21.5 Å². The number of carbonyl (C=O) groups is 1. The van der Waals surface area contributed by atoms with Crippen molar-refractivity contribution in [3.05, 3.63) is 59.1 Å². The highest BCUT2D eigenvalue weighted by Gasteiger charge is 2.26. The fraction of sp³-hybridized carbons (Fsp3) is 0.133. The summed E-state index contributed by atoms with van der Waals surface area (Å²) >= 11 is 6.16. The lowest BCUT2D eigenvalue weighted by atomic mass is 10.0. The number of halogens is 1. The van der Waals surface area contributed by atoms with Crippen molar-refractivity contribution in [2.24, 2.45) is 0 Å². The predicted octanol–water partition coefficient (Wildman–Crippen LogP) is 3.51. The number of hydrogen-bond acceptors (Lipinski definition) is 2. The average Bonchev–Trinajstić information content (AvgIpc) is 2.41. The largest absolute Gasteiger partial charge is 0.480 e.